The second kappa shape index (κ2) is 7.73. The predicted molar refractivity (Wildman–Crippen MR) is 102 cm³/mol. The molecule has 2 aromatic carbocycles. The van der Waals surface area contributed by atoms with Crippen molar-refractivity contribution in [3.8, 4) is 11.5 Å². The van der Waals surface area contributed by atoms with Crippen LogP contribution in [0.2, 0.25) is 5.02 Å². The molecule has 0 aliphatic carbocycles. The highest BCUT2D eigenvalue weighted by molar-refractivity contribution is 7.89. The van der Waals surface area contributed by atoms with Crippen molar-refractivity contribution in [1.29, 1.82) is 0 Å². The Labute approximate surface area is 158 Å². The van der Waals surface area contributed by atoms with Gasteiger partial charge in [-0.05, 0) is 24.3 Å². The molecule has 0 radical (unpaired) electrons. The number of methoxy groups -OCH3 is 2. The van der Waals surface area contributed by atoms with Crippen molar-refractivity contribution >= 4 is 27.3 Å². The zero-order chi connectivity index (χ0) is 18.7. The molecule has 0 atom stereocenters. The first-order valence-corrected chi connectivity index (χ1v) is 10.0. The third-order valence-electron chi connectivity index (χ3n) is 4.42. The Morgan fingerprint density at radius 1 is 0.962 bits per heavy atom. The Morgan fingerprint density at radius 2 is 1.65 bits per heavy atom. The Hall–Kier alpha value is -1.96. The highest BCUT2D eigenvalue weighted by Crippen LogP contribution is 2.32. The molecule has 6 nitrogen and oxygen atoms in total. The van der Waals surface area contributed by atoms with Crippen molar-refractivity contribution < 1.29 is 17.9 Å². The average Bonchev–Trinajstić information content (AvgIpc) is 2.68. The fourth-order valence-corrected chi connectivity index (χ4v) is 4.85. The molecule has 0 saturated carbocycles. The van der Waals surface area contributed by atoms with Gasteiger partial charge in [0.15, 0.2) is 0 Å². The van der Waals surface area contributed by atoms with E-state index < -0.39 is 10.0 Å². The fourth-order valence-electron chi connectivity index (χ4n) is 3.00. The first-order valence-electron chi connectivity index (χ1n) is 8.19. The number of halogens is 1. The maximum Gasteiger partial charge on any atom is 0.247 e. The molecule has 0 bridgehead atoms. The summed E-state index contributed by atoms with van der Waals surface area (Å²) in [5, 5.41) is 0.665. The maximum absolute atomic E-state index is 13.1. The monoisotopic (exact) mass is 396 g/mol. The molecule has 0 unspecified atom stereocenters. The molecule has 3 rings (SSSR count). The van der Waals surface area contributed by atoms with Gasteiger partial charge in [-0.3, -0.25) is 0 Å². The van der Waals surface area contributed by atoms with Crippen LogP contribution in [0.5, 0.6) is 11.5 Å². The van der Waals surface area contributed by atoms with Gasteiger partial charge in [-0.25, -0.2) is 8.42 Å². The number of para-hydroxylation sites is 1. The Bertz CT molecular complexity index is 881. The predicted octanol–water partition coefficient (Wildman–Crippen LogP) is 2.87. The van der Waals surface area contributed by atoms with Gasteiger partial charge in [0.2, 0.25) is 10.0 Å². The second-order valence-electron chi connectivity index (χ2n) is 5.86. The van der Waals surface area contributed by atoms with Crippen molar-refractivity contribution in [2.75, 3.05) is 45.3 Å². The van der Waals surface area contributed by atoms with E-state index in [2.05, 4.69) is 4.90 Å². The van der Waals surface area contributed by atoms with E-state index in [-0.39, 0.29) is 4.90 Å². The number of hydrogen-bond acceptors (Lipinski definition) is 5. The van der Waals surface area contributed by atoms with Crippen LogP contribution in [0.3, 0.4) is 0 Å². The molecule has 1 heterocycles. The van der Waals surface area contributed by atoms with Gasteiger partial charge >= 0.3 is 0 Å². The standard InChI is InChI=1S/C18H21ClN2O4S/c1-24-14-7-8-17(25-2)18(13-14)26(22,23)21-11-9-20(10-12-21)16-6-4-3-5-15(16)19/h3-8,13H,9-12H2,1-2H3. The van der Waals surface area contributed by atoms with Gasteiger partial charge in [0.05, 0.1) is 24.9 Å². The molecule has 140 valence electrons. The summed E-state index contributed by atoms with van der Waals surface area (Å²) in [7, 11) is -0.729. The summed E-state index contributed by atoms with van der Waals surface area (Å²) in [4.78, 5) is 2.21. The molecule has 1 aliphatic heterocycles. The third-order valence-corrected chi connectivity index (χ3v) is 6.66. The van der Waals surface area contributed by atoms with Crippen LogP contribution >= 0.6 is 11.6 Å². The molecular weight excluding hydrogens is 376 g/mol. The van der Waals surface area contributed by atoms with Crippen molar-refractivity contribution in [2.24, 2.45) is 0 Å². The number of hydrogen-bond donors (Lipinski definition) is 0. The van der Waals surface area contributed by atoms with Crippen LogP contribution < -0.4 is 14.4 Å². The van der Waals surface area contributed by atoms with Gasteiger partial charge in [0.1, 0.15) is 16.4 Å². The molecule has 0 aromatic heterocycles. The van der Waals surface area contributed by atoms with Crippen LogP contribution in [0, 0.1) is 0 Å². The van der Waals surface area contributed by atoms with Crippen molar-refractivity contribution in [3.63, 3.8) is 0 Å². The van der Waals surface area contributed by atoms with Crippen molar-refractivity contribution in [3.05, 3.63) is 47.5 Å². The van der Waals surface area contributed by atoms with Crippen LogP contribution in [0.15, 0.2) is 47.4 Å². The van der Waals surface area contributed by atoms with Gasteiger partial charge in [-0.15, -0.1) is 0 Å². The number of piperazine rings is 1. The summed E-state index contributed by atoms with van der Waals surface area (Å²) in [5.74, 6) is 0.776. The molecule has 2 aromatic rings. The van der Waals surface area contributed by atoms with Gasteiger partial charge < -0.3 is 14.4 Å². The van der Waals surface area contributed by atoms with Crippen LogP contribution in [-0.2, 0) is 10.0 Å². The Kier molecular flexibility index (Phi) is 5.60. The topological polar surface area (TPSA) is 59.1 Å². The fraction of sp³-hybridized carbons (Fsp3) is 0.333. The smallest absolute Gasteiger partial charge is 0.247 e. The number of benzene rings is 2. The van der Waals surface area contributed by atoms with E-state index in [4.69, 9.17) is 21.1 Å². The lowest BCUT2D eigenvalue weighted by Gasteiger charge is -2.35. The number of rotatable bonds is 5. The summed E-state index contributed by atoms with van der Waals surface area (Å²) < 4.78 is 38.1. The van der Waals surface area contributed by atoms with E-state index in [1.54, 1.807) is 12.1 Å². The maximum atomic E-state index is 13.1. The second-order valence-corrected chi connectivity index (χ2v) is 8.17. The first kappa shape index (κ1) is 18.8. The van der Waals surface area contributed by atoms with E-state index in [9.17, 15) is 8.42 Å². The lowest BCUT2D eigenvalue weighted by Crippen LogP contribution is -2.48. The Morgan fingerprint density at radius 3 is 2.27 bits per heavy atom. The van der Waals surface area contributed by atoms with Gasteiger partial charge in [0, 0.05) is 32.2 Å². The molecular formula is C18H21ClN2O4S. The Balaban J connectivity index is 1.81. The highest BCUT2D eigenvalue weighted by Gasteiger charge is 2.31. The van der Waals surface area contributed by atoms with Gasteiger partial charge in [-0.2, -0.15) is 4.31 Å². The van der Waals surface area contributed by atoms with E-state index in [1.165, 1.54) is 24.6 Å². The summed E-state index contributed by atoms with van der Waals surface area (Å²) in [6.45, 7) is 1.87. The summed E-state index contributed by atoms with van der Waals surface area (Å²) in [6.07, 6.45) is 0. The number of ether oxygens (including phenoxy) is 2. The molecule has 0 spiro atoms. The van der Waals surface area contributed by atoms with E-state index in [0.717, 1.165) is 5.69 Å². The molecule has 1 aliphatic rings. The molecule has 26 heavy (non-hydrogen) atoms. The summed E-state index contributed by atoms with van der Waals surface area (Å²) in [5.41, 5.74) is 0.921. The average molecular weight is 397 g/mol. The molecule has 1 fully saturated rings. The molecule has 1 saturated heterocycles. The molecule has 8 heteroatoms. The lowest BCUT2D eigenvalue weighted by atomic mass is 10.2. The van der Waals surface area contributed by atoms with Crippen LogP contribution in [0.4, 0.5) is 5.69 Å². The lowest BCUT2D eigenvalue weighted by molar-refractivity contribution is 0.371. The minimum absolute atomic E-state index is 0.116. The van der Waals surface area contributed by atoms with Crippen LogP contribution in [-0.4, -0.2) is 53.1 Å². The van der Waals surface area contributed by atoms with E-state index in [1.807, 2.05) is 24.3 Å². The first-order chi connectivity index (χ1) is 12.5. The van der Waals surface area contributed by atoms with Gasteiger partial charge in [-0.1, -0.05) is 23.7 Å². The normalized spacial score (nSPS) is 15.7. The number of anilines is 1. The quantitative estimate of drug-likeness (QED) is 0.777. The van der Waals surface area contributed by atoms with E-state index >= 15 is 0 Å². The minimum atomic E-state index is -3.68. The van der Waals surface area contributed by atoms with E-state index in [0.29, 0.717) is 42.7 Å². The SMILES string of the molecule is COc1ccc(OC)c(S(=O)(=O)N2CCN(c3ccccc3Cl)CC2)c1. The summed E-state index contributed by atoms with van der Waals surface area (Å²) in [6, 6.07) is 12.3. The molecule has 0 N–H and O–H groups in total. The highest BCUT2D eigenvalue weighted by atomic mass is 35.5. The van der Waals surface area contributed by atoms with Crippen molar-refractivity contribution in [1.82, 2.24) is 4.31 Å². The summed E-state index contributed by atoms with van der Waals surface area (Å²) >= 11 is 6.25. The largest absolute Gasteiger partial charge is 0.497 e. The van der Waals surface area contributed by atoms with Crippen molar-refractivity contribution in [2.45, 2.75) is 4.90 Å². The minimum Gasteiger partial charge on any atom is -0.497 e. The van der Waals surface area contributed by atoms with Crippen LogP contribution in [0.1, 0.15) is 0 Å². The van der Waals surface area contributed by atoms with Gasteiger partial charge in [0.25, 0.3) is 0 Å². The zero-order valence-corrected chi connectivity index (χ0v) is 16.3. The molecule has 0 amide bonds. The third kappa shape index (κ3) is 3.60. The van der Waals surface area contributed by atoms with Crippen LogP contribution in [0.25, 0.3) is 0 Å². The number of sulfonamides is 1. The number of nitrogens with zero attached hydrogens (tertiary/aromatic N) is 2. The zero-order valence-electron chi connectivity index (χ0n) is 14.7.